The molecule has 3 nitrogen and oxygen atoms in total. The van der Waals surface area contributed by atoms with Crippen molar-refractivity contribution in [2.24, 2.45) is 0 Å². The largest absolute Gasteiger partial charge is 0.493 e. The van der Waals surface area contributed by atoms with Crippen LogP contribution in [-0.4, -0.2) is 17.7 Å². The van der Waals surface area contributed by atoms with E-state index in [2.05, 4.69) is 6.92 Å². The van der Waals surface area contributed by atoms with Gasteiger partial charge in [-0.25, -0.2) is 4.79 Å². The molecule has 0 aliphatic carbocycles. The van der Waals surface area contributed by atoms with E-state index in [9.17, 15) is 9.90 Å². The zero-order chi connectivity index (χ0) is 17.6. The zero-order valence-corrected chi connectivity index (χ0v) is 15.5. The van der Waals surface area contributed by atoms with Crippen molar-refractivity contribution in [2.45, 2.75) is 84.5 Å². The van der Waals surface area contributed by atoms with E-state index in [1.165, 1.54) is 51.4 Å². The lowest BCUT2D eigenvalue weighted by Crippen LogP contribution is -2.05. The van der Waals surface area contributed by atoms with E-state index in [-0.39, 0.29) is 5.56 Å². The smallest absolute Gasteiger partial charge is 0.339 e. The van der Waals surface area contributed by atoms with Gasteiger partial charge in [-0.3, -0.25) is 0 Å². The summed E-state index contributed by atoms with van der Waals surface area (Å²) in [7, 11) is 0. The van der Waals surface area contributed by atoms with Crippen molar-refractivity contribution in [3.63, 3.8) is 0 Å². The molecule has 0 fully saturated rings. The van der Waals surface area contributed by atoms with Gasteiger partial charge in [-0.15, -0.1) is 0 Å². The molecule has 0 amide bonds. The highest BCUT2D eigenvalue weighted by molar-refractivity contribution is 5.91. The molecule has 136 valence electrons. The van der Waals surface area contributed by atoms with Crippen LogP contribution in [-0.2, 0) is 6.42 Å². The van der Waals surface area contributed by atoms with E-state index < -0.39 is 5.97 Å². The summed E-state index contributed by atoms with van der Waals surface area (Å²) in [4.78, 5) is 11.3. The highest BCUT2D eigenvalue weighted by Gasteiger charge is 2.11. The molecule has 0 spiro atoms. The standard InChI is InChI=1S/C21H34O3/c1-3-5-6-7-8-9-10-11-12-13-16-24-20-15-14-18(4-2)17-19(20)21(22)23/h14-15,17H,3-13,16H2,1-2H3,(H,22,23). The van der Waals surface area contributed by atoms with Crippen LogP contribution in [0.1, 0.15) is 94.0 Å². The first-order chi connectivity index (χ1) is 11.7. The minimum atomic E-state index is -0.914. The summed E-state index contributed by atoms with van der Waals surface area (Å²) < 4.78 is 5.69. The molecule has 0 aliphatic rings. The van der Waals surface area contributed by atoms with Crippen molar-refractivity contribution in [3.05, 3.63) is 29.3 Å². The number of carboxylic acid groups (broad SMARTS) is 1. The number of hydrogen-bond acceptors (Lipinski definition) is 2. The predicted octanol–water partition coefficient (Wildman–Crippen LogP) is 6.25. The van der Waals surface area contributed by atoms with Crippen LogP contribution in [0.4, 0.5) is 0 Å². The number of rotatable bonds is 14. The van der Waals surface area contributed by atoms with E-state index in [1.807, 2.05) is 13.0 Å². The van der Waals surface area contributed by atoms with Crippen molar-refractivity contribution in [3.8, 4) is 5.75 Å². The molecule has 0 aliphatic heterocycles. The van der Waals surface area contributed by atoms with Gasteiger partial charge in [0, 0.05) is 0 Å². The molecular weight excluding hydrogens is 300 g/mol. The second-order valence-corrected chi connectivity index (χ2v) is 6.52. The van der Waals surface area contributed by atoms with Gasteiger partial charge in [0.2, 0.25) is 0 Å². The Morgan fingerprint density at radius 3 is 2.04 bits per heavy atom. The second-order valence-electron chi connectivity index (χ2n) is 6.52. The van der Waals surface area contributed by atoms with Crippen LogP contribution in [0.5, 0.6) is 5.75 Å². The Morgan fingerprint density at radius 1 is 0.917 bits per heavy atom. The number of carbonyl (C=O) groups is 1. The van der Waals surface area contributed by atoms with Gasteiger partial charge in [-0.05, 0) is 30.5 Å². The van der Waals surface area contributed by atoms with Gasteiger partial charge in [0.25, 0.3) is 0 Å². The second kappa shape index (κ2) is 12.9. The van der Waals surface area contributed by atoms with E-state index in [1.54, 1.807) is 12.1 Å². The number of aromatic carboxylic acids is 1. The molecule has 0 bridgehead atoms. The zero-order valence-electron chi connectivity index (χ0n) is 15.5. The molecule has 0 radical (unpaired) electrons. The molecule has 0 atom stereocenters. The summed E-state index contributed by atoms with van der Waals surface area (Å²) >= 11 is 0. The van der Waals surface area contributed by atoms with Crippen LogP contribution in [0.15, 0.2) is 18.2 Å². The van der Waals surface area contributed by atoms with Crippen LogP contribution in [0, 0.1) is 0 Å². The minimum Gasteiger partial charge on any atom is -0.493 e. The number of unbranched alkanes of at least 4 members (excludes halogenated alkanes) is 9. The first kappa shape index (κ1) is 20.5. The van der Waals surface area contributed by atoms with Gasteiger partial charge in [-0.2, -0.15) is 0 Å². The predicted molar refractivity (Wildman–Crippen MR) is 100 cm³/mol. The van der Waals surface area contributed by atoms with Gasteiger partial charge in [0.15, 0.2) is 0 Å². The molecule has 3 heteroatoms. The van der Waals surface area contributed by atoms with Crippen LogP contribution in [0.25, 0.3) is 0 Å². The average molecular weight is 335 g/mol. The van der Waals surface area contributed by atoms with Crippen molar-refractivity contribution in [1.82, 2.24) is 0 Å². The van der Waals surface area contributed by atoms with Crippen molar-refractivity contribution < 1.29 is 14.6 Å². The summed E-state index contributed by atoms with van der Waals surface area (Å²) in [5.74, 6) is -0.418. The average Bonchev–Trinajstić information content (AvgIpc) is 2.59. The van der Waals surface area contributed by atoms with Crippen molar-refractivity contribution in [2.75, 3.05) is 6.61 Å². The Hall–Kier alpha value is -1.51. The van der Waals surface area contributed by atoms with Gasteiger partial charge in [0.05, 0.1) is 6.61 Å². The highest BCUT2D eigenvalue weighted by Crippen LogP contribution is 2.21. The van der Waals surface area contributed by atoms with Crippen LogP contribution in [0.2, 0.25) is 0 Å². The molecular formula is C21H34O3. The summed E-state index contributed by atoms with van der Waals surface area (Å²) in [5, 5.41) is 9.28. The molecule has 1 aromatic rings. The molecule has 1 rings (SSSR count). The highest BCUT2D eigenvalue weighted by atomic mass is 16.5. The van der Waals surface area contributed by atoms with E-state index in [4.69, 9.17) is 4.74 Å². The maximum absolute atomic E-state index is 11.3. The monoisotopic (exact) mass is 334 g/mol. The Balaban J connectivity index is 2.14. The Bertz CT molecular complexity index is 468. The summed E-state index contributed by atoms with van der Waals surface area (Å²) in [6.45, 7) is 4.87. The quantitative estimate of drug-likeness (QED) is 0.409. The van der Waals surface area contributed by atoms with Gasteiger partial charge in [-0.1, -0.05) is 77.7 Å². The van der Waals surface area contributed by atoms with E-state index in [0.29, 0.717) is 12.4 Å². The first-order valence-corrected chi connectivity index (χ1v) is 9.68. The third-order valence-corrected chi connectivity index (χ3v) is 4.44. The normalized spacial score (nSPS) is 10.8. The number of hydrogen-bond donors (Lipinski definition) is 1. The molecule has 0 saturated heterocycles. The topological polar surface area (TPSA) is 46.5 Å². The summed E-state index contributed by atoms with van der Waals surface area (Å²) in [6, 6.07) is 5.45. The first-order valence-electron chi connectivity index (χ1n) is 9.68. The van der Waals surface area contributed by atoms with Crippen molar-refractivity contribution in [1.29, 1.82) is 0 Å². The minimum absolute atomic E-state index is 0.279. The fourth-order valence-corrected chi connectivity index (χ4v) is 2.86. The third-order valence-electron chi connectivity index (χ3n) is 4.44. The van der Waals surface area contributed by atoms with Gasteiger partial charge in [0.1, 0.15) is 11.3 Å². The third kappa shape index (κ3) is 8.37. The fourth-order valence-electron chi connectivity index (χ4n) is 2.86. The lowest BCUT2D eigenvalue weighted by Gasteiger charge is -2.10. The molecule has 0 saturated carbocycles. The number of ether oxygens (including phenoxy) is 1. The molecule has 1 N–H and O–H groups in total. The van der Waals surface area contributed by atoms with E-state index in [0.717, 1.165) is 24.8 Å². The van der Waals surface area contributed by atoms with Crippen molar-refractivity contribution >= 4 is 5.97 Å². The Labute approximate surface area is 147 Å². The SMILES string of the molecule is CCCCCCCCCCCCOc1ccc(CC)cc1C(=O)O. The maximum atomic E-state index is 11.3. The maximum Gasteiger partial charge on any atom is 0.339 e. The van der Waals surface area contributed by atoms with Gasteiger partial charge >= 0.3 is 5.97 Å². The Kier molecular flexibility index (Phi) is 11.0. The summed E-state index contributed by atoms with van der Waals surface area (Å²) in [5.41, 5.74) is 1.31. The lowest BCUT2D eigenvalue weighted by atomic mass is 10.1. The molecule has 1 aromatic carbocycles. The van der Waals surface area contributed by atoms with E-state index >= 15 is 0 Å². The lowest BCUT2D eigenvalue weighted by molar-refractivity contribution is 0.0692. The van der Waals surface area contributed by atoms with Gasteiger partial charge < -0.3 is 9.84 Å². The van der Waals surface area contributed by atoms with Crippen LogP contribution >= 0.6 is 0 Å². The number of aryl methyl sites for hydroxylation is 1. The van der Waals surface area contributed by atoms with Crippen LogP contribution in [0.3, 0.4) is 0 Å². The molecule has 0 heterocycles. The fraction of sp³-hybridized carbons (Fsp3) is 0.667. The number of carboxylic acids is 1. The number of benzene rings is 1. The molecule has 0 unspecified atom stereocenters. The molecule has 0 aromatic heterocycles. The summed E-state index contributed by atoms with van der Waals surface area (Å²) in [6.07, 6.45) is 13.7. The Morgan fingerprint density at radius 2 is 1.50 bits per heavy atom. The molecule has 24 heavy (non-hydrogen) atoms. The van der Waals surface area contributed by atoms with Crippen LogP contribution < -0.4 is 4.74 Å².